The van der Waals surface area contributed by atoms with Crippen LogP contribution in [-0.2, 0) is 21.2 Å². The molecule has 7 nitrogen and oxygen atoms in total. The molecule has 2 rings (SSSR count). The third-order valence-electron chi connectivity index (χ3n) is 3.36. The van der Waals surface area contributed by atoms with Crippen LogP contribution in [0.2, 0.25) is 0 Å². The van der Waals surface area contributed by atoms with E-state index in [2.05, 4.69) is 15.3 Å². The first-order valence-electron chi connectivity index (χ1n) is 6.71. The number of carbonyl (C=O) groups excluding carboxylic acids is 1. The van der Waals surface area contributed by atoms with Crippen LogP contribution >= 0.6 is 0 Å². The van der Waals surface area contributed by atoms with Gasteiger partial charge in [-0.15, -0.1) is 0 Å². The molecule has 0 spiro atoms. The van der Waals surface area contributed by atoms with Crippen molar-refractivity contribution < 1.29 is 13.2 Å². The Morgan fingerprint density at radius 1 is 1.36 bits per heavy atom. The number of amides is 1. The van der Waals surface area contributed by atoms with E-state index in [4.69, 9.17) is 0 Å². The largest absolute Gasteiger partial charge is 0.351 e. The number of nitrogens with zero attached hydrogens (tertiary/aromatic N) is 3. The van der Waals surface area contributed by atoms with Crippen LogP contribution in [-0.4, -0.2) is 40.4 Å². The van der Waals surface area contributed by atoms with E-state index in [1.165, 1.54) is 6.92 Å². The zero-order valence-electron chi connectivity index (χ0n) is 12.6. The van der Waals surface area contributed by atoms with E-state index in [9.17, 15) is 13.2 Å². The van der Waals surface area contributed by atoms with E-state index in [1.54, 1.807) is 24.7 Å². The van der Waals surface area contributed by atoms with Crippen LogP contribution in [0.5, 0.6) is 0 Å². The molecule has 0 unspecified atom stereocenters. The molecular formula is C14H18N4O3S. The van der Waals surface area contributed by atoms with Gasteiger partial charge >= 0.3 is 0 Å². The Morgan fingerprint density at radius 2 is 2.09 bits per heavy atom. The van der Waals surface area contributed by atoms with E-state index in [0.29, 0.717) is 5.82 Å². The second-order valence-corrected chi connectivity index (χ2v) is 7.42. The highest BCUT2D eigenvalue weighted by Gasteiger charge is 2.22. The van der Waals surface area contributed by atoms with Crippen LogP contribution in [0.25, 0.3) is 5.82 Å². The van der Waals surface area contributed by atoms with Crippen molar-refractivity contribution in [1.82, 2.24) is 19.9 Å². The van der Waals surface area contributed by atoms with Crippen LogP contribution in [0.3, 0.4) is 0 Å². The molecule has 2 aromatic heterocycles. The average Bonchev–Trinajstić information content (AvgIpc) is 2.89. The summed E-state index contributed by atoms with van der Waals surface area (Å²) in [5, 5.41) is 1.56. The van der Waals surface area contributed by atoms with Gasteiger partial charge in [-0.05, 0) is 31.5 Å². The Bertz CT molecular complexity index is 783. The van der Waals surface area contributed by atoms with Gasteiger partial charge in [0.2, 0.25) is 5.91 Å². The third-order valence-corrected chi connectivity index (χ3v) is 4.86. The highest BCUT2D eigenvalue weighted by Crippen LogP contribution is 2.09. The smallest absolute Gasteiger partial charge is 0.238 e. The topological polar surface area (TPSA) is 94.0 Å². The second-order valence-electron chi connectivity index (χ2n) is 5.06. The van der Waals surface area contributed by atoms with E-state index >= 15 is 0 Å². The molecule has 0 saturated carbocycles. The second kappa shape index (κ2) is 6.27. The number of hydrogen-bond acceptors (Lipinski definition) is 5. The summed E-state index contributed by atoms with van der Waals surface area (Å²) in [6, 6.07) is 3.58. The fourth-order valence-corrected chi connectivity index (χ4v) is 2.32. The molecule has 1 atom stereocenters. The summed E-state index contributed by atoms with van der Waals surface area (Å²) in [7, 11) is -3.39. The predicted molar refractivity (Wildman–Crippen MR) is 82.2 cm³/mol. The van der Waals surface area contributed by atoms with Crippen molar-refractivity contribution in [3.8, 4) is 5.82 Å². The lowest BCUT2D eigenvalue weighted by Crippen LogP contribution is -2.37. The van der Waals surface area contributed by atoms with Crippen LogP contribution < -0.4 is 5.32 Å². The molecule has 8 heteroatoms. The fraction of sp³-hybridized carbons (Fsp3) is 0.357. The molecule has 1 N–H and O–H groups in total. The number of aromatic nitrogens is 3. The number of carbonyl (C=O) groups is 1. The molecule has 0 radical (unpaired) electrons. The summed E-state index contributed by atoms with van der Waals surface area (Å²) in [6.07, 6.45) is 6.16. The lowest BCUT2D eigenvalue weighted by Gasteiger charge is -2.11. The van der Waals surface area contributed by atoms with Crippen LogP contribution in [0.15, 0.2) is 30.7 Å². The normalized spacial score (nSPS) is 12.9. The molecular weight excluding hydrogens is 304 g/mol. The Hall–Kier alpha value is -2.22. The molecule has 0 aliphatic heterocycles. The summed E-state index contributed by atoms with van der Waals surface area (Å²) >= 11 is 0. The lowest BCUT2D eigenvalue weighted by atomic mass is 10.2. The maximum absolute atomic E-state index is 11.8. The summed E-state index contributed by atoms with van der Waals surface area (Å²) in [5.74, 6) is 0.983. The molecule has 118 valence electrons. The number of sulfone groups is 1. The van der Waals surface area contributed by atoms with Crippen molar-refractivity contribution in [2.75, 3.05) is 6.26 Å². The third kappa shape index (κ3) is 3.70. The van der Waals surface area contributed by atoms with E-state index in [1.807, 2.05) is 17.6 Å². The van der Waals surface area contributed by atoms with Crippen LogP contribution in [0, 0.1) is 6.92 Å². The molecule has 0 fully saturated rings. The standard InChI is InChI=1S/C14H18N4O3S/c1-10(22(3,20)21)14(19)17-9-12-4-5-16-13(8-12)18-7-6-15-11(18)2/h4-8,10H,9H2,1-3H3,(H,17,19)/t10-/m1/s1. The molecule has 2 heterocycles. The summed E-state index contributed by atoms with van der Waals surface area (Å²) in [4.78, 5) is 20.2. The average molecular weight is 322 g/mol. The Kier molecular flexibility index (Phi) is 4.60. The van der Waals surface area contributed by atoms with Gasteiger partial charge in [-0.3, -0.25) is 9.36 Å². The molecule has 22 heavy (non-hydrogen) atoms. The van der Waals surface area contributed by atoms with Gasteiger partial charge in [-0.2, -0.15) is 0 Å². The Morgan fingerprint density at radius 3 is 2.68 bits per heavy atom. The quantitative estimate of drug-likeness (QED) is 0.871. The fourth-order valence-electron chi connectivity index (χ4n) is 1.85. The number of hydrogen-bond donors (Lipinski definition) is 1. The Labute approximate surface area is 129 Å². The Balaban J connectivity index is 2.09. The van der Waals surface area contributed by atoms with Crippen molar-refractivity contribution in [1.29, 1.82) is 0 Å². The SMILES string of the molecule is Cc1nccn1-c1cc(CNC(=O)[C@@H](C)S(C)(=O)=O)ccn1. The number of rotatable bonds is 5. The van der Waals surface area contributed by atoms with Crippen molar-refractivity contribution in [3.05, 3.63) is 42.1 Å². The highest BCUT2D eigenvalue weighted by molar-refractivity contribution is 7.92. The number of pyridine rings is 1. The lowest BCUT2D eigenvalue weighted by molar-refractivity contribution is -0.120. The molecule has 0 aliphatic rings. The predicted octanol–water partition coefficient (Wildman–Crippen LogP) is 0.625. The van der Waals surface area contributed by atoms with Crippen molar-refractivity contribution >= 4 is 15.7 Å². The monoisotopic (exact) mass is 322 g/mol. The first-order chi connectivity index (χ1) is 10.3. The van der Waals surface area contributed by atoms with Crippen molar-refractivity contribution in [2.45, 2.75) is 25.6 Å². The number of imidazole rings is 1. The van der Waals surface area contributed by atoms with Gasteiger partial charge in [-0.1, -0.05) is 0 Å². The summed E-state index contributed by atoms with van der Waals surface area (Å²) in [5.41, 5.74) is 0.826. The van der Waals surface area contributed by atoms with Crippen molar-refractivity contribution in [2.24, 2.45) is 0 Å². The molecule has 0 saturated heterocycles. The number of aryl methyl sites for hydroxylation is 1. The number of nitrogens with one attached hydrogen (secondary N) is 1. The minimum Gasteiger partial charge on any atom is -0.351 e. The van der Waals surface area contributed by atoms with Gasteiger partial charge < -0.3 is 5.32 Å². The van der Waals surface area contributed by atoms with Gasteiger partial charge in [0, 0.05) is 31.4 Å². The minimum atomic E-state index is -3.39. The summed E-state index contributed by atoms with van der Waals surface area (Å²) in [6.45, 7) is 3.48. The first kappa shape index (κ1) is 16.2. The van der Waals surface area contributed by atoms with E-state index in [-0.39, 0.29) is 6.54 Å². The maximum atomic E-state index is 11.8. The van der Waals surface area contributed by atoms with E-state index in [0.717, 1.165) is 17.6 Å². The molecule has 1 amide bonds. The zero-order chi connectivity index (χ0) is 16.3. The van der Waals surface area contributed by atoms with Gasteiger partial charge in [0.1, 0.15) is 16.9 Å². The van der Waals surface area contributed by atoms with Gasteiger partial charge in [0.15, 0.2) is 9.84 Å². The highest BCUT2D eigenvalue weighted by atomic mass is 32.2. The van der Waals surface area contributed by atoms with Gasteiger partial charge in [0.05, 0.1) is 0 Å². The maximum Gasteiger partial charge on any atom is 0.238 e. The first-order valence-corrected chi connectivity index (χ1v) is 8.66. The van der Waals surface area contributed by atoms with Crippen LogP contribution in [0.4, 0.5) is 0 Å². The van der Waals surface area contributed by atoms with Crippen LogP contribution in [0.1, 0.15) is 18.3 Å². The molecule has 2 aromatic rings. The zero-order valence-corrected chi connectivity index (χ0v) is 13.5. The minimum absolute atomic E-state index is 0.238. The molecule has 0 aromatic carbocycles. The summed E-state index contributed by atoms with van der Waals surface area (Å²) < 4.78 is 24.5. The molecule has 0 bridgehead atoms. The van der Waals surface area contributed by atoms with Gasteiger partial charge in [-0.25, -0.2) is 18.4 Å². The molecule has 0 aliphatic carbocycles. The van der Waals surface area contributed by atoms with Gasteiger partial charge in [0.25, 0.3) is 0 Å². The van der Waals surface area contributed by atoms with Crippen molar-refractivity contribution in [3.63, 3.8) is 0 Å². The van der Waals surface area contributed by atoms with E-state index < -0.39 is 21.0 Å².